The van der Waals surface area contributed by atoms with Gasteiger partial charge in [0.1, 0.15) is 0 Å². The Kier molecular flexibility index (Phi) is 3.35. The van der Waals surface area contributed by atoms with Crippen LogP contribution in [0.2, 0.25) is 0 Å². The molecule has 3 aliphatic rings. The molecule has 0 bridgehead atoms. The minimum atomic E-state index is -0.167. The monoisotopic (exact) mass is 251 g/mol. The summed E-state index contributed by atoms with van der Waals surface area (Å²) in [6.07, 6.45) is 7.69. The fourth-order valence-corrected chi connectivity index (χ4v) is 3.99. The number of amides is 1. The van der Waals surface area contributed by atoms with E-state index in [0.29, 0.717) is 23.8 Å². The standard InChI is InChI=1S/C15H25NO2/c1-10(11-7-8-11)15(18)16-9-3-5-13(16)12-4-2-6-14(12)17/h10-14,17H,2-9H2,1H3. The average Bonchev–Trinajstić information content (AvgIpc) is 2.95. The van der Waals surface area contributed by atoms with E-state index in [1.807, 2.05) is 0 Å². The second kappa shape index (κ2) is 4.84. The highest BCUT2D eigenvalue weighted by Gasteiger charge is 2.43. The molecule has 1 aliphatic heterocycles. The number of aliphatic hydroxyl groups excluding tert-OH is 1. The van der Waals surface area contributed by atoms with Crippen LogP contribution in [-0.4, -0.2) is 34.6 Å². The molecule has 2 saturated carbocycles. The van der Waals surface area contributed by atoms with Crippen molar-refractivity contribution in [3.8, 4) is 0 Å². The molecule has 18 heavy (non-hydrogen) atoms. The highest BCUT2D eigenvalue weighted by molar-refractivity contribution is 5.79. The van der Waals surface area contributed by atoms with Gasteiger partial charge in [-0.05, 0) is 44.4 Å². The van der Waals surface area contributed by atoms with Crippen molar-refractivity contribution in [3.63, 3.8) is 0 Å². The van der Waals surface area contributed by atoms with Crippen molar-refractivity contribution in [2.45, 2.75) is 64.0 Å². The molecule has 0 radical (unpaired) electrons. The molecule has 1 heterocycles. The first-order valence-corrected chi connectivity index (χ1v) is 7.67. The zero-order chi connectivity index (χ0) is 12.7. The average molecular weight is 251 g/mol. The molecular weight excluding hydrogens is 226 g/mol. The fourth-order valence-electron chi connectivity index (χ4n) is 3.99. The van der Waals surface area contributed by atoms with E-state index < -0.39 is 0 Å². The summed E-state index contributed by atoms with van der Waals surface area (Å²) in [5.41, 5.74) is 0. The van der Waals surface area contributed by atoms with E-state index in [2.05, 4.69) is 11.8 Å². The van der Waals surface area contributed by atoms with Gasteiger partial charge in [-0.2, -0.15) is 0 Å². The van der Waals surface area contributed by atoms with Crippen LogP contribution in [0.5, 0.6) is 0 Å². The van der Waals surface area contributed by atoms with Crippen LogP contribution in [0.1, 0.15) is 51.9 Å². The number of carbonyl (C=O) groups is 1. The fraction of sp³-hybridized carbons (Fsp3) is 0.933. The van der Waals surface area contributed by atoms with Gasteiger partial charge in [0.2, 0.25) is 5.91 Å². The number of likely N-dealkylation sites (tertiary alicyclic amines) is 1. The second-order valence-electron chi connectivity index (χ2n) is 6.53. The lowest BCUT2D eigenvalue weighted by atomic mass is 9.93. The van der Waals surface area contributed by atoms with Crippen LogP contribution < -0.4 is 0 Å². The van der Waals surface area contributed by atoms with Crippen molar-refractivity contribution >= 4 is 5.91 Å². The maximum atomic E-state index is 12.5. The topological polar surface area (TPSA) is 40.5 Å². The molecule has 1 amide bonds. The Balaban J connectivity index is 1.68. The van der Waals surface area contributed by atoms with Crippen LogP contribution in [0.25, 0.3) is 0 Å². The molecule has 4 atom stereocenters. The van der Waals surface area contributed by atoms with Crippen LogP contribution in [0.15, 0.2) is 0 Å². The van der Waals surface area contributed by atoms with Crippen LogP contribution in [-0.2, 0) is 4.79 Å². The van der Waals surface area contributed by atoms with E-state index >= 15 is 0 Å². The molecule has 3 nitrogen and oxygen atoms in total. The molecule has 102 valence electrons. The summed E-state index contributed by atoms with van der Waals surface area (Å²) < 4.78 is 0. The number of hydrogen-bond acceptors (Lipinski definition) is 2. The maximum Gasteiger partial charge on any atom is 0.225 e. The van der Waals surface area contributed by atoms with Gasteiger partial charge in [0, 0.05) is 24.4 Å². The van der Waals surface area contributed by atoms with Gasteiger partial charge in [0.25, 0.3) is 0 Å². The SMILES string of the molecule is CC(C(=O)N1CCCC1C1CCCC1O)C1CC1. The van der Waals surface area contributed by atoms with Crippen molar-refractivity contribution in [3.05, 3.63) is 0 Å². The first-order valence-electron chi connectivity index (χ1n) is 7.67. The molecule has 3 rings (SSSR count). The van der Waals surface area contributed by atoms with Crippen LogP contribution in [0, 0.1) is 17.8 Å². The van der Waals surface area contributed by atoms with E-state index in [1.165, 1.54) is 12.8 Å². The zero-order valence-corrected chi connectivity index (χ0v) is 11.3. The Morgan fingerprint density at radius 3 is 2.56 bits per heavy atom. The minimum absolute atomic E-state index is 0.167. The Morgan fingerprint density at radius 2 is 1.94 bits per heavy atom. The second-order valence-corrected chi connectivity index (χ2v) is 6.53. The largest absolute Gasteiger partial charge is 0.393 e. The van der Waals surface area contributed by atoms with Gasteiger partial charge in [0.15, 0.2) is 0 Å². The molecular formula is C15H25NO2. The molecule has 3 fully saturated rings. The van der Waals surface area contributed by atoms with Gasteiger partial charge in [0.05, 0.1) is 6.10 Å². The molecule has 0 spiro atoms. The van der Waals surface area contributed by atoms with Gasteiger partial charge in [-0.1, -0.05) is 13.3 Å². The molecule has 1 N–H and O–H groups in total. The Hall–Kier alpha value is -0.570. The molecule has 0 aromatic rings. The quantitative estimate of drug-likeness (QED) is 0.835. The third-order valence-electron chi connectivity index (χ3n) is 5.33. The van der Waals surface area contributed by atoms with Crippen molar-refractivity contribution in [2.24, 2.45) is 17.8 Å². The van der Waals surface area contributed by atoms with Gasteiger partial charge < -0.3 is 10.0 Å². The lowest BCUT2D eigenvalue weighted by molar-refractivity contribution is -0.138. The first kappa shape index (κ1) is 12.5. The number of aliphatic hydroxyl groups is 1. The highest BCUT2D eigenvalue weighted by atomic mass is 16.3. The summed E-state index contributed by atoms with van der Waals surface area (Å²) in [5.74, 6) is 1.57. The number of hydrogen-bond donors (Lipinski definition) is 1. The summed E-state index contributed by atoms with van der Waals surface area (Å²) >= 11 is 0. The van der Waals surface area contributed by atoms with Gasteiger partial charge in [-0.15, -0.1) is 0 Å². The van der Waals surface area contributed by atoms with Crippen molar-refractivity contribution in [1.29, 1.82) is 0 Å². The minimum Gasteiger partial charge on any atom is -0.393 e. The van der Waals surface area contributed by atoms with E-state index in [1.54, 1.807) is 0 Å². The number of rotatable bonds is 3. The van der Waals surface area contributed by atoms with Gasteiger partial charge >= 0.3 is 0 Å². The smallest absolute Gasteiger partial charge is 0.225 e. The lowest BCUT2D eigenvalue weighted by Crippen LogP contribution is -2.44. The molecule has 1 saturated heterocycles. The lowest BCUT2D eigenvalue weighted by Gasteiger charge is -2.33. The van der Waals surface area contributed by atoms with E-state index in [-0.39, 0.29) is 12.0 Å². The molecule has 3 heteroatoms. The number of nitrogens with zero attached hydrogens (tertiary/aromatic N) is 1. The van der Waals surface area contributed by atoms with Crippen LogP contribution >= 0.6 is 0 Å². The van der Waals surface area contributed by atoms with Crippen LogP contribution in [0.3, 0.4) is 0 Å². The predicted octanol–water partition coefficient (Wildman–Crippen LogP) is 2.18. The number of carbonyl (C=O) groups excluding carboxylic acids is 1. The van der Waals surface area contributed by atoms with Crippen molar-refractivity contribution < 1.29 is 9.90 Å². The van der Waals surface area contributed by atoms with E-state index in [9.17, 15) is 9.90 Å². The van der Waals surface area contributed by atoms with Gasteiger partial charge in [-0.3, -0.25) is 4.79 Å². The molecule has 4 unspecified atom stereocenters. The summed E-state index contributed by atoms with van der Waals surface area (Å²) in [4.78, 5) is 14.7. The summed E-state index contributed by atoms with van der Waals surface area (Å²) in [7, 11) is 0. The maximum absolute atomic E-state index is 12.5. The van der Waals surface area contributed by atoms with Crippen LogP contribution in [0.4, 0.5) is 0 Å². The Labute approximate surface area is 110 Å². The third kappa shape index (κ3) is 2.18. The zero-order valence-electron chi connectivity index (χ0n) is 11.3. The van der Waals surface area contributed by atoms with Crippen molar-refractivity contribution in [2.75, 3.05) is 6.54 Å². The molecule has 0 aromatic carbocycles. The summed E-state index contributed by atoms with van der Waals surface area (Å²) in [6.45, 7) is 3.02. The Bertz CT molecular complexity index is 326. The van der Waals surface area contributed by atoms with Gasteiger partial charge in [-0.25, -0.2) is 0 Å². The highest BCUT2D eigenvalue weighted by Crippen LogP contribution is 2.40. The van der Waals surface area contributed by atoms with Crippen molar-refractivity contribution in [1.82, 2.24) is 4.90 Å². The predicted molar refractivity (Wildman–Crippen MR) is 70.0 cm³/mol. The van der Waals surface area contributed by atoms with E-state index in [0.717, 1.165) is 38.6 Å². The molecule has 0 aromatic heterocycles. The normalized spacial score (nSPS) is 38.1. The summed E-state index contributed by atoms with van der Waals surface area (Å²) in [5, 5.41) is 10.1. The van der Waals surface area contributed by atoms with E-state index in [4.69, 9.17) is 0 Å². The first-order chi connectivity index (χ1) is 8.68. The summed E-state index contributed by atoms with van der Waals surface area (Å²) in [6, 6.07) is 0.330. The molecule has 2 aliphatic carbocycles. The Morgan fingerprint density at radius 1 is 1.17 bits per heavy atom. The third-order valence-corrected chi connectivity index (χ3v) is 5.33.